The van der Waals surface area contributed by atoms with Crippen molar-refractivity contribution in [2.75, 3.05) is 48.9 Å². The summed E-state index contributed by atoms with van der Waals surface area (Å²) in [5.74, 6) is 2.26. The summed E-state index contributed by atoms with van der Waals surface area (Å²) in [5.41, 5.74) is 3.00. The van der Waals surface area contributed by atoms with Crippen LogP contribution in [0.2, 0.25) is 0 Å². The van der Waals surface area contributed by atoms with Crippen molar-refractivity contribution in [2.24, 2.45) is 0 Å². The second-order valence-electron chi connectivity index (χ2n) is 6.88. The third-order valence-electron chi connectivity index (χ3n) is 4.89. The summed E-state index contributed by atoms with van der Waals surface area (Å²) in [6.07, 6.45) is 1.00. The van der Waals surface area contributed by atoms with Crippen molar-refractivity contribution < 1.29 is 9.47 Å². The molecule has 0 radical (unpaired) electrons. The van der Waals surface area contributed by atoms with E-state index in [1.807, 2.05) is 36.4 Å². The molecule has 30 heavy (non-hydrogen) atoms. The highest BCUT2D eigenvalue weighted by Gasteiger charge is 2.17. The maximum atomic E-state index is 5.46. The van der Waals surface area contributed by atoms with Crippen LogP contribution in [-0.4, -0.2) is 48.4 Å². The number of hydrogen-bond acceptors (Lipinski definition) is 8. The van der Waals surface area contributed by atoms with Crippen LogP contribution >= 0.6 is 0 Å². The van der Waals surface area contributed by atoms with Gasteiger partial charge in [0.25, 0.3) is 0 Å². The highest BCUT2D eigenvalue weighted by Crippen LogP contribution is 2.27. The Morgan fingerprint density at radius 3 is 2.33 bits per heavy atom. The van der Waals surface area contributed by atoms with Crippen molar-refractivity contribution in [2.45, 2.75) is 13.3 Å². The molecule has 0 saturated carbocycles. The molecule has 2 N–H and O–H groups in total. The van der Waals surface area contributed by atoms with Crippen molar-refractivity contribution in [3.8, 4) is 5.75 Å². The van der Waals surface area contributed by atoms with Crippen molar-refractivity contribution in [1.82, 2.24) is 15.0 Å². The van der Waals surface area contributed by atoms with E-state index in [9.17, 15) is 0 Å². The van der Waals surface area contributed by atoms with Crippen LogP contribution in [0.4, 0.5) is 29.2 Å². The molecule has 0 spiro atoms. The zero-order valence-electron chi connectivity index (χ0n) is 17.3. The first kappa shape index (κ1) is 19.9. The number of rotatable bonds is 7. The van der Waals surface area contributed by atoms with Gasteiger partial charge in [0.2, 0.25) is 17.8 Å². The quantitative estimate of drug-likeness (QED) is 0.613. The van der Waals surface area contributed by atoms with Gasteiger partial charge >= 0.3 is 0 Å². The fraction of sp³-hybridized carbons (Fsp3) is 0.318. The molecule has 8 heteroatoms. The highest BCUT2D eigenvalue weighted by molar-refractivity contribution is 5.64. The number of benzene rings is 2. The molecule has 1 aliphatic heterocycles. The maximum Gasteiger partial charge on any atom is 0.233 e. The number of anilines is 5. The van der Waals surface area contributed by atoms with E-state index >= 15 is 0 Å². The van der Waals surface area contributed by atoms with E-state index in [1.54, 1.807) is 7.11 Å². The molecule has 1 aliphatic rings. The Bertz CT molecular complexity index is 974. The largest absolute Gasteiger partial charge is 0.495 e. The minimum atomic E-state index is 0.448. The van der Waals surface area contributed by atoms with E-state index in [1.165, 1.54) is 5.56 Å². The summed E-state index contributed by atoms with van der Waals surface area (Å²) in [7, 11) is 1.64. The van der Waals surface area contributed by atoms with Gasteiger partial charge in [0.15, 0.2) is 0 Å². The fourth-order valence-electron chi connectivity index (χ4n) is 3.20. The van der Waals surface area contributed by atoms with Gasteiger partial charge in [-0.3, -0.25) is 0 Å². The first-order valence-electron chi connectivity index (χ1n) is 10.1. The van der Waals surface area contributed by atoms with E-state index in [2.05, 4.69) is 49.5 Å². The van der Waals surface area contributed by atoms with E-state index in [-0.39, 0.29) is 0 Å². The summed E-state index contributed by atoms with van der Waals surface area (Å²) < 4.78 is 10.9. The van der Waals surface area contributed by atoms with Crippen molar-refractivity contribution in [3.63, 3.8) is 0 Å². The molecular formula is C22H26N6O2. The Morgan fingerprint density at radius 1 is 0.933 bits per heavy atom. The van der Waals surface area contributed by atoms with Gasteiger partial charge in [-0.25, -0.2) is 0 Å². The van der Waals surface area contributed by atoms with Gasteiger partial charge in [-0.15, -0.1) is 0 Å². The molecule has 0 amide bonds. The van der Waals surface area contributed by atoms with Crippen LogP contribution in [0.1, 0.15) is 12.5 Å². The smallest absolute Gasteiger partial charge is 0.233 e. The van der Waals surface area contributed by atoms with Crippen LogP contribution < -0.4 is 20.3 Å². The van der Waals surface area contributed by atoms with Crippen LogP contribution in [0, 0.1) is 0 Å². The molecule has 156 valence electrons. The number of nitrogens with zero attached hydrogens (tertiary/aromatic N) is 4. The molecule has 1 saturated heterocycles. The predicted octanol–water partition coefficient (Wildman–Crippen LogP) is 3.77. The van der Waals surface area contributed by atoms with Gasteiger partial charge < -0.3 is 25.0 Å². The molecule has 8 nitrogen and oxygen atoms in total. The number of aromatic nitrogens is 3. The summed E-state index contributed by atoms with van der Waals surface area (Å²) in [5, 5.41) is 6.56. The van der Waals surface area contributed by atoms with Gasteiger partial charge in [-0.05, 0) is 36.2 Å². The van der Waals surface area contributed by atoms with Crippen LogP contribution in [0.5, 0.6) is 5.75 Å². The van der Waals surface area contributed by atoms with Crippen LogP contribution in [0.15, 0.2) is 48.5 Å². The number of nitrogens with one attached hydrogen (secondary N) is 2. The Balaban J connectivity index is 1.64. The number of hydrogen-bond donors (Lipinski definition) is 2. The predicted molar refractivity (Wildman–Crippen MR) is 118 cm³/mol. The van der Waals surface area contributed by atoms with Crippen molar-refractivity contribution >= 4 is 29.2 Å². The summed E-state index contributed by atoms with van der Waals surface area (Å²) >= 11 is 0. The lowest BCUT2D eigenvalue weighted by Crippen LogP contribution is -2.37. The SMILES string of the molecule is CCc1ccc(Nc2nc(Nc3ccccc3OC)nc(N3CCOCC3)n2)cc1. The van der Waals surface area contributed by atoms with Crippen molar-refractivity contribution in [1.29, 1.82) is 0 Å². The molecule has 3 aromatic rings. The zero-order chi connectivity index (χ0) is 20.8. The Kier molecular flexibility index (Phi) is 6.24. The first-order chi connectivity index (χ1) is 14.7. The van der Waals surface area contributed by atoms with E-state index < -0.39 is 0 Å². The number of ether oxygens (including phenoxy) is 2. The second kappa shape index (κ2) is 9.41. The van der Waals surface area contributed by atoms with Gasteiger partial charge in [-0.1, -0.05) is 31.2 Å². The average Bonchev–Trinajstić information content (AvgIpc) is 2.80. The third-order valence-corrected chi connectivity index (χ3v) is 4.89. The van der Waals surface area contributed by atoms with Crippen LogP contribution in [0.3, 0.4) is 0 Å². The van der Waals surface area contributed by atoms with E-state index in [4.69, 9.17) is 9.47 Å². The normalized spacial score (nSPS) is 13.7. The lowest BCUT2D eigenvalue weighted by atomic mass is 10.1. The Labute approximate surface area is 176 Å². The molecule has 0 unspecified atom stereocenters. The zero-order valence-corrected chi connectivity index (χ0v) is 17.3. The lowest BCUT2D eigenvalue weighted by Gasteiger charge is -2.27. The van der Waals surface area contributed by atoms with Crippen LogP contribution in [0.25, 0.3) is 0 Å². The lowest BCUT2D eigenvalue weighted by molar-refractivity contribution is 0.122. The number of aryl methyl sites for hydroxylation is 1. The number of morpholine rings is 1. The average molecular weight is 406 g/mol. The minimum Gasteiger partial charge on any atom is -0.495 e. The van der Waals surface area contributed by atoms with Gasteiger partial charge in [-0.2, -0.15) is 15.0 Å². The van der Waals surface area contributed by atoms with Gasteiger partial charge in [0.05, 0.1) is 26.0 Å². The molecule has 1 fully saturated rings. The summed E-state index contributed by atoms with van der Waals surface area (Å²) in [4.78, 5) is 16.0. The maximum absolute atomic E-state index is 5.46. The molecule has 0 aliphatic carbocycles. The van der Waals surface area contributed by atoms with Crippen LogP contribution in [-0.2, 0) is 11.2 Å². The third kappa shape index (κ3) is 4.77. The Hall–Kier alpha value is -3.39. The number of methoxy groups -OCH3 is 1. The fourth-order valence-corrected chi connectivity index (χ4v) is 3.20. The monoisotopic (exact) mass is 406 g/mol. The van der Waals surface area contributed by atoms with E-state index in [0.717, 1.165) is 36.6 Å². The van der Waals surface area contributed by atoms with Gasteiger partial charge in [0, 0.05) is 18.8 Å². The Morgan fingerprint density at radius 2 is 1.63 bits per heavy atom. The minimum absolute atomic E-state index is 0.448. The molecule has 4 rings (SSSR count). The van der Waals surface area contributed by atoms with Crippen molar-refractivity contribution in [3.05, 3.63) is 54.1 Å². The van der Waals surface area contributed by atoms with Gasteiger partial charge in [0.1, 0.15) is 5.75 Å². The molecule has 0 atom stereocenters. The first-order valence-corrected chi connectivity index (χ1v) is 10.1. The molecule has 1 aromatic heterocycles. The molecule has 2 aromatic carbocycles. The van der Waals surface area contributed by atoms with E-state index in [0.29, 0.717) is 31.1 Å². The molecular weight excluding hydrogens is 380 g/mol. The summed E-state index contributed by atoms with van der Waals surface area (Å²) in [6.45, 7) is 4.93. The standard InChI is InChI=1S/C22H26N6O2/c1-3-16-8-10-17(11-9-16)23-20-25-21(24-18-6-4-5-7-19(18)29-2)27-22(26-20)28-12-14-30-15-13-28/h4-11H,3,12-15H2,1-2H3,(H2,23,24,25,26,27). The topological polar surface area (TPSA) is 84.4 Å². The number of para-hydroxylation sites is 2. The highest BCUT2D eigenvalue weighted by atomic mass is 16.5. The molecule has 2 heterocycles. The summed E-state index contributed by atoms with van der Waals surface area (Å²) in [6, 6.07) is 15.9. The second-order valence-corrected chi connectivity index (χ2v) is 6.88. The molecule has 0 bridgehead atoms.